The first-order chi connectivity index (χ1) is 9.33. The van der Waals surface area contributed by atoms with E-state index in [4.69, 9.17) is 5.11 Å². The van der Waals surface area contributed by atoms with Crippen LogP contribution in [-0.2, 0) is 4.79 Å². The van der Waals surface area contributed by atoms with E-state index in [1.54, 1.807) is 0 Å². The first-order valence-electron chi connectivity index (χ1n) is 7.59. The third-order valence-corrected chi connectivity index (χ3v) is 4.12. The van der Waals surface area contributed by atoms with E-state index in [9.17, 15) is 9.59 Å². The molecule has 5 heteroatoms. The third-order valence-electron chi connectivity index (χ3n) is 4.12. The molecule has 0 aromatic carbocycles. The van der Waals surface area contributed by atoms with E-state index < -0.39 is 5.97 Å². The average Bonchev–Trinajstić information content (AvgIpc) is 2.29. The average molecular weight is 284 g/mol. The van der Waals surface area contributed by atoms with Gasteiger partial charge in [-0.1, -0.05) is 20.3 Å². The van der Waals surface area contributed by atoms with Gasteiger partial charge in [-0.25, -0.2) is 4.79 Å². The highest BCUT2D eigenvalue weighted by molar-refractivity contribution is 5.74. The number of hydrogen-bond acceptors (Lipinski definition) is 2. The third kappa shape index (κ3) is 5.80. The smallest absolute Gasteiger partial charge is 0.315 e. The molecule has 1 fully saturated rings. The van der Waals surface area contributed by atoms with Crippen molar-refractivity contribution in [1.29, 1.82) is 0 Å². The Bertz CT molecular complexity index is 338. The first kappa shape index (κ1) is 16.8. The SMILES string of the molecule is CC(C)CCC(C)NC(=O)NCC1(CC(=O)O)CCC1. The van der Waals surface area contributed by atoms with E-state index in [1.165, 1.54) is 0 Å². The number of carbonyl (C=O) groups excluding carboxylic acids is 1. The zero-order valence-electron chi connectivity index (χ0n) is 12.9. The quantitative estimate of drug-likeness (QED) is 0.641. The van der Waals surface area contributed by atoms with Gasteiger partial charge >= 0.3 is 12.0 Å². The molecule has 0 aromatic rings. The number of carboxylic acid groups (broad SMARTS) is 1. The molecule has 116 valence electrons. The van der Waals surface area contributed by atoms with Crippen LogP contribution in [0.15, 0.2) is 0 Å². The van der Waals surface area contributed by atoms with Gasteiger partial charge in [0, 0.05) is 12.6 Å². The molecule has 1 unspecified atom stereocenters. The van der Waals surface area contributed by atoms with E-state index >= 15 is 0 Å². The van der Waals surface area contributed by atoms with E-state index in [1.807, 2.05) is 6.92 Å². The van der Waals surface area contributed by atoms with Gasteiger partial charge < -0.3 is 15.7 Å². The Morgan fingerprint density at radius 3 is 2.30 bits per heavy atom. The van der Waals surface area contributed by atoms with Crippen molar-refractivity contribution in [3.8, 4) is 0 Å². The van der Waals surface area contributed by atoms with Crippen LogP contribution in [0, 0.1) is 11.3 Å². The van der Waals surface area contributed by atoms with Crippen molar-refractivity contribution in [2.45, 2.75) is 65.3 Å². The Kier molecular flexibility index (Phi) is 6.30. The van der Waals surface area contributed by atoms with E-state index in [0.29, 0.717) is 12.5 Å². The Morgan fingerprint density at radius 2 is 1.85 bits per heavy atom. The molecule has 1 saturated carbocycles. The molecule has 0 heterocycles. The van der Waals surface area contributed by atoms with Crippen molar-refractivity contribution >= 4 is 12.0 Å². The summed E-state index contributed by atoms with van der Waals surface area (Å²) in [6.07, 6.45) is 5.04. The summed E-state index contributed by atoms with van der Waals surface area (Å²) >= 11 is 0. The molecule has 0 aromatic heterocycles. The molecule has 2 amide bonds. The van der Waals surface area contributed by atoms with Crippen LogP contribution in [0.1, 0.15) is 59.3 Å². The Labute approximate surface area is 121 Å². The molecular formula is C15H28N2O3. The van der Waals surface area contributed by atoms with Gasteiger partial charge in [0.25, 0.3) is 0 Å². The number of aliphatic carboxylic acids is 1. The van der Waals surface area contributed by atoms with Crippen LogP contribution in [0.2, 0.25) is 0 Å². The molecule has 0 aliphatic heterocycles. The van der Waals surface area contributed by atoms with Gasteiger partial charge in [0.05, 0.1) is 6.42 Å². The van der Waals surface area contributed by atoms with Gasteiger partial charge in [-0.2, -0.15) is 0 Å². The number of carbonyl (C=O) groups is 2. The Morgan fingerprint density at radius 1 is 1.20 bits per heavy atom. The molecule has 0 radical (unpaired) electrons. The summed E-state index contributed by atoms with van der Waals surface area (Å²) in [4.78, 5) is 22.7. The lowest BCUT2D eigenvalue weighted by Gasteiger charge is -2.40. The maximum absolute atomic E-state index is 11.8. The monoisotopic (exact) mass is 284 g/mol. The van der Waals surface area contributed by atoms with Crippen LogP contribution >= 0.6 is 0 Å². The highest BCUT2D eigenvalue weighted by Crippen LogP contribution is 2.43. The van der Waals surface area contributed by atoms with Gasteiger partial charge in [-0.3, -0.25) is 4.79 Å². The number of urea groups is 1. The zero-order chi connectivity index (χ0) is 15.2. The fourth-order valence-corrected chi connectivity index (χ4v) is 2.61. The molecule has 0 bridgehead atoms. The van der Waals surface area contributed by atoms with E-state index in [-0.39, 0.29) is 23.9 Å². The lowest BCUT2D eigenvalue weighted by Crippen LogP contribution is -2.48. The fourth-order valence-electron chi connectivity index (χ4n) is 2.61. The highest BCUT2D eigenvalue weighted by Gasteiger charge is 2.39. The minimum absolute atomic E-state index is 0.147. The van der Waals surface area contributed by atoms with Crippen LogP contribution in [0.3, 0.4) is 0 Å². The number of hydrogen-bond donors (Lipinski definition) is 3. The van der Waals surface area contributed by atoms with Gasteiger partial charge in [0.1, 0.15) is 0 Å². The van der Waals surface area contributed by atoms with E-state index in [2.05, 4.69) is 24.5 Å². The summed E-state index contributed by atoms with van der Waals surface area (Å²) in [5.41, 5.74) is -0.218. The predicted molar refractivity (Wildman–Crippen MR) is 78.6 cm³/mol. The van der Waals surface area contributed by atoms with Crippen LogP contribution in [0.25, 0.3) is 0 Å². The summed E-state index contributed by atoms with van der Waals surface area (Å²) in [6.45, 7) is 6.79. The molecule has 0 saturated heterocycles. The highest BCUT2D eigenvalue weighted by atomic mass is 16.4. The van der Waals surface area contributed by atoms with Crippen molar-refractivity contribution in [1.82, 2.24) is 10.6 Å². The minimum Gasteiger partial charge on any atom is -0.481 e. The predicted octanol–water partition coefficient (Wildman–Crippen LogP) is 2.76. The second-order valence-electron chi connectivity index (χ2n) is 6.62. The summed E-state index contributed by atoms with van der Waals surface area (Å²) in [5.74, 6) is -0.145. The summed E-state index contributed by atoms with van der Waals surface area (Å²) in [5, 5.41) is 14.7. The summed E-state index contributed by atoms with van der Waals surface area (Å²) in [6, 6.07) is -0.0351. The standard InChI is InChI=1S/C15H28N2O3/c1-11(2)5-6-12(3)17-14(20)16-10-15(7-4-8-15)9-13(18)19/h11-12H,4-10H2,1-3H3,(H,18,19)(H2,16,17,20). The topological polar surface area (TPSA) is 78.4 Å². The Balaban J connectivity index is 2.26. The maximum Gasteiger partial charge on any atom is 0.315 e. The summed E-state index contributed by atoms with van der Waals surface area (Å²) in [7, 11) is 0. The molecule has 1 atom stereocenters. The second-order valence-corrected chi connectivity index (χ2v) is 6.62. The largest absolute Gasteiger partial charge is 0.481 e. The molecule has 1 aliphatic carbocycles. The van der Waals surface area contributed by atoms with Gasteiger partial charge in [0.15, 0.2) is 0 Å². The van der Waals surface area contributed by atoms with Crippen LogP contribution in [0.4, 0.5) is 4.79 Å². The molecule has 0 spiro atoms. The molecule has 1 rings (SSSR count). The maximum atomic E-state index is 11.8. The van der Waals surface area contributed by atoms with Gasteiger partial charge in [-0.15, -0.1) is 0 Å². The van der Waals surface area contributed by atoms with Crippen LogP contribution in [0.5, 0.6) is 0 Å². The van der Waals surface area contributed by atoms with E-state index in [0.717, 1.165) is 32.1 Å². The molecule has 5 nitrogen and oxygen atoms in total. The number of carboxylic acids is 1. The van der Waals surface area contributed by atoms with Crippen molar-refractivity contribution in [2.75, 3.05) is 6.54 Å². The lowest BCUT2D eigenvalue weighted by atomic mass is 9.66. The van der Waals surface area contributed by atoms with Crippen molar-refractivity contribution in [3.63, 3.8) is 0 Å². The second kappa shape index (κ2) is 7.50. The number of amides is 2. The molecule has 20 heavy (non-hydrogen) atoms. The zero-order valence-corrected chi connectivity index (χ0v) is 12.9. The van der Waals surface area contributed by atoms with Crippen LogP contribution < -0.4 is 10.6 Å². The molecule has 3 N–H and O–H groups in total. The van der Waals surface area contributed by atoms with Gasteiger partial charge in [-0.05, 0) is 43.9 Å². The van der Waals surface area contributed by atoms with Crippen molar-refractivity contribution < 1.29 is 14.7 Å². The number of rotatable bonds is 8. The van der Waals surface area contributed by atoms with Crippen molar-refractivity contribution in [2.24, 2.45) is 11.3 Å². The van der Waals surface area contributed by atoms with Crippen LogP contribution in [-0.4, -0.2) is 29.7 Å². The summed E-state index contributed by atoms with van der Waals surface area (Å²) < 4.78 is 0. The lowest BCUT2D eigenvalue weighted by molar-refractivity contribution is -0.141. The normalized spacial score (nSPS) is 18.2. The Hall–Kier alpha value is -1.26. The fraction of sp³-hybridized carbons (Fsp3) is 0.867. The minimum atomic E-state index is -0.780. The number of nitrogens with one attached hydrogen (secondary N) is 2. The molecule has 1 aliphatic rings. The molecular weight excluding hydrogens is 256 g/mol. The van der Waals surface area contributed by atoms with Gasteiger partial charge in [0.2, 0.25) is 0 Å². The van der Waals surface area contributed by atoms with Crippen molar-refractivity contribution in [3.05, 3.63) is 0 Å². The first-order valence-corrected chi connectivity index (χ1v) is 7.59.